The van der Waals surface area contributed by atoms with E-state index in [0.29, 0.717) is 18.7 Å². The van der Waals surface area contributed by atoms with Gasteiger partial charge >= 0.3 is 0 Å². The van der Waals surface area contributed by atoms with E-state index in [0.717, 1.165) is 16.9 Å². The highest BCUT2D eigenvalue weighted by molar-refractivity contribution is 7.99. The molecular weight excluding hydrogens is 452 g/mol. The molecular formula is C30H36N2O2S. The van der Waals surface area contributed by atoms with Crippen LogP contribution in [0.15, 0.2) is 78.9 Å². The normalized spacial score (nSPS) is 11.8. The molecule has 0 aliphatic carbocycles. The van der Waals surface area contributed by atoms with Crippen LogP contribution in [0.2, 0.25) is 0 Å². The van der Waals surface area contributed by atoms with Gasteiger partial charge < -0.3 is 10.2 Å². The molecule has 0 heterocycles. The number of carbonyl (C=O) groups excluding carboxylic acids is 2. The number of amides is 2. The van der Waals surface area contributed by atoms with Gasteiger partial charge in [-0.15, -0.1) is 11.8 Å². The number of aryl methyl sites for hydroxylation is 2. The van der Waals surface area contributed by atoms with Gasteiger partial charge in [-0.1, -0.05) is 84.4 Å². The molecule has 4 nitrogen and oxygen atoms in total. The summed E-state index contributed by atoms with van der Waals surface area (Å²) in [6, 6.07) is 25.7. The second-order valence-electron chi connectivity index (χ2n) is 9.30. The maximum Gasteiger partial charge on any atom is 0.243 e. The first kappa shape index (κ1) is 26.6. The Morgan fingerprint density at radius 1 is 0.857 bits per heavy atom. The highest BCUT2D eigenvalue weighted by Gasteiger charge is 2.30. The average Bonchev–Trinajstić information content (AvgIpc) is 2.84. The fourth-order valence-electron chi connectivity index (χ4n) is 3.93. The van der Waals surface area contributed by atoms with Crippen LogP contribution in [0, 0.1) is 13.8 Å². The molecule has 3 rings (SSSR count). The summed E-state index contributed by atoms with van der Waals surface area (Å²) in [6.07, 6.45) is 0.472. The third-order valence-corrected chi connectivity index (χ3v) is 6.89. The van der Waals surface area contributed by atoms with Crippen molar-refractivity contribution in [2.24, 2.45) is 0 Å². The average molecular weight is 489 g/mol. The maximum absolute atomic E-state index is 13.6. The Bertz CT molecular complexity index is 1100. The van der Waals surface area contributed by atoms with Crippen molar-refractivity contribution >= 4 is 23.6 Å². The fraction of sp³-hybridized carbons (Fsp3) is 0.333. The molecule has 0 radical (unpaired) electrons. The molecule has 0 unspecified atom stereocenters. The van der Waals surface area contributed by atoms with Crippen LogP contribution >= 0.6 is 11.8 Å². The predicted octanol–water partition coefficient (Wildman–Crippen LogP) is 5.70. The molecule has 0 saturated carbocycles. The maximum atomic E-state index is 13.6. The van der Waals surface area contributed by atoms with Gasteiger partial charge in [0.2, 0.25) is 11.8 Å². The van der Waals surface area contributed by atoms with Crippen molar-refractivity contribution in [2.45, 2.75) is 58.5 Å². The summed E-state index contributed by atoms with van der Waals surface area (Å²) in [7, 11) is 0. The topological polar surface area (TPSA) is 49.4 Å². The Morgan fingerprint density at radius 3 is 2.17 bits per heavy atom. The Hall–Kier alpha value is -3.05. The minimum Gasteiger partial charge on any atom is -0.352 e. The molecule has 5 heteroatoms. The van der Waals surface area contributed by atoms with Crippen LogP contribution < -0.4 is 5.32 Å². The van der Waals surface area contributed by atoms with E-state index in [9.17, 15) is 9.59 Å². The summed E-state index contributed by atoms with van der Waals surface area (Å²) in [5.41, 5.74) is 5.67. The van der Waals surface area contributed by atoms with Crippen LogP contribution in [-0.2, 0) is 28.3 Å². The molecule has 0 aliphatic rings. The quantitative estimate of drug-likeness (QED) is 0.377. The van der Waals surface area contributed by atoms with Gasteiger partial charge in [-0.2, -0.15) is 0 Å². The molecule has 3 aromatic rings. The summed E-state index contributed by atoms with van der Waals surface area (Å²) in [5.74, 6) is 0.941. The minimum absolute atomic E-state index is 0.00692. The summed E-state index contributed by atoms with van der Waals surface area (Å²) < 4.78 is 0. The first-order valence-corrected chi connectivity index (χ1v) is 13.3. The Labute approximate surface area is 214 Å². The number of hydrogen-bond donors (Lipinski definition) is 1. The van der Waals surface area contributed by atoms with Crippen molar-refractivity contribution in [3.63, 3.8) is 0 Å². The highest BCUT2D eigenvalue weighted by Crippen LogP contribution is 2.20. The van der Waals surface area contributed by atoms with Crippen LogP contribution in [-0.4, -0.2) is 34.6 Å². The number of carbonyl (C=O) groups is 2. The SMILES string of the molecule is Cc1ccc(CN(C(=O)CSCc2ccccc2C)[C@H](Cc2ccccc2)C(=O)NC(C)C)cc1. The van der Waals surface area contributed by atoms with Gasteiger partial charge in [0, 0.05) is 24.8 Å². The third-order valence-electron chi connectivity index (χ3n) is 5.92. The van der Waals surface area contributed by atoms with Crippen molar-refractivity contribution in [3.05, 3.63) is 107 Å². The van der Waals surface area contributed by atoms with Crippen molar-refractivity contribution in [1.29, 1.82) is 0 Å². The summed E-state index contributed by atoms with van der Waals surface area (Å²) in [4.78, 5) is 28.8. The molecule has 0 saturated heterocycles. The van der Waals surface area contributed by atoms with Crippen LogP contribution in [0.4, 0.5) is 0 Å². The zero-order chi connectivity index (χ0) is 25.2. The Kier molecular flexibility index (Phi) is 9.98. The largest absolute Gasteiger partial charge is 0.352 e. The van der Waals surface area contributed by atoms with Crippen molar-refractivity contribution in [1.82, 2.24) is 10.2 Å². The highest BCUT2D eigenvalue weighted by atomic mass is 32.2. The van der Waals surface area contributed by atoms with Gasteiger partial charge in [0.1, 0.15) is 6.04 Å². The Balaban J connectivity index is 1.84. The lowest BCUT2D eigenvalue weighted by atomic mass is 10.0. The molecule has 0 aliphatic heterocycles. The zero-order valence-electron chi connectivity index (χ0n) is 21.2. The van der Waals surface area contributed by atoms with Gasteiger partial charge in [0.15, 0.2) is 0 Å². The zero-order valence-corrected chi connectivity index (χ0v) is 22.0. The van der Waals surface area contributed by atoms with Gasteiger partial charge in [0.25, 0.3) is 0 Å². The number of thioether (sulfide) groups is 1. The first-order valence-electron chi connectivity index (χ1n) is 12.1. The van der Waals surface area contributed by atoms with Crippen LogP contribution in [0.25, 0.3) is 0 Å². The monoisotopic (exact) mass is 488 g/mol. The van der Waals surface area contributed by atoms with Gasteiger partial charge in [0.05, 0.1) is 5.75 Å². The minimum atomic E-state index is -0.590. The number of benzene rings is 3. The lowest BCUT2D eigenvalue weighted by Gasteiger charge is -2.32. The van der Waals surface area contributed by atoms with E-state index in [1.54, 1.807) is 16.7 Å². The van der Waals surface area contributed by atoms with Gasteiger partial charge in [-0.25, -0.2) is 0 Å². The molecule has 1 N–H and O–H groups in total. The summed E-state index contributed by atoms with van der Waals surface area (Å²) >= 11 is 1.60. The molecule has 3 aromatic carbocycles. The smallest absolute Gasteiger partial charge is 0.243 e. The predicted molar refractivity (Wildman–Crippen MR) is 146 cm³/mol. The molecule has 2 amide bonds. The first-order chi connectivity index (χ1) is 16.8. The van der Waals surface area contributed by atoms with Crippen LogP contribution in [0.5, 0.6) is 0 Å². The second-order valence-corrected chi connectivity index (χ2v) is 10.3. The van der Waals surface area contributed by atoms with E-state index in [1.165, 1.54) is 16.7 Å². The molecule has 0 aromatic heterocycles. The second kappa shape index (κ2) is 13.1. The van der Waals surface area contributed by atoms with Crippen LogP contribution in [0.1, 0.15) is 41.7 Å². The molecule has 0 fully saturated rings. The van der Waals surface area contributed by atoms with E-state index in [4.69, 9.17) is 0 Å². The molecule has 35 heavy (non-hydrogen) atoms. The summed E-state index contributed by atoms with van der Waals surface area (Å²) in [6.45, 7) is 8.42. The van der Waals surface area contributed by atoms with E-state index in [2.05, 4.69) is 24.4 Å². The van der Waals surface area contributed by atoms with E-state index >= 15 is 0 Å². The molecule has 0 spiro atoms. The van der Waals surface area contributed by atoms with E-state index < -0.39 is 6.04 Å². The van der Waals surface area contributed by atoms with Gasteiger partial charge in [-0.05, 0) is 49.9 Å². The van der Waals surface area contributed by atoms with Gasteiger partial charge in [-0.3, -0.25) is 9.59 Å². The van der Waals surface area contributed by atoms with Crippen molar-refractivity contribution in [2.75, 3.05) is 5.75 Å². The molecule has 0 bridgehead atoms. The number of nitrogens with one attached hydrogen (secondary N) is 1. The van der Waals surface area contributed by atoms with Crippen molar-refractivity contribution < 1.29 is 9.59 Å². The van der Waals surface area contributed by atoms with E-state index in [-0.39, 0.29) is 17.9 Å². The fourth-order valence-corrected chi connectivity index (χ4v) is 4.91. The lowest BCUT2D eigenvalue weighted by Crippen LogP contribution is -2.52. The number of hydrogen-bond acceptors (Lipinski definition) is 3. The molecule has 1 atom stereocenters. The number of rotatable bonds is 11. The van der Waals surface area contributed by atoms with Crippen LogP contribution in [0.3, 0.4) is 0 Å². The Morgan fingerprint density at radius 2 is 1.51 bits per heavy atom. The third kappa shape index (κ3) is 8.29. The van der Waals surface area contributed by atoms with Crippen molar-refractivity contribution in [3.8, 4) is 0 Å². The number of nitrogens with zero attached hydrogens (tertiary/aromatic N) is 1. The lowest BCUT2D eigenvalue weighted by molar-refractivity contribution is -0.139. The summed E-state index contributed by atoms with van der Waals surface area (Å²) in [5, 5.41) is 3.04. The molecule has 184 valence electrons. The van der Waals surface area contributed by atoms with E-state index in [1.807, 2.05) is 87.5 Å². The standard InChI is InChI=1S/C30H36N2O2S/c1-22(2)31-30(34)28(18-25-11-6-5-7-12-25)32(19-26-16-14-23(3)15-17-26)29(33)21-35-20-27-13-9-8-10-24(27)4/h5-17,22,28H,18-21H2,1-4H3,(H,31,34)/t28-/m1/s1.